The predicted molar refractivity (Wildman–Crippen MR) is 105 cm³/mol. The number of allylic oxidation sites excluding steroid dienone is 7. The Morgan fingerprint density at radius 1 is 1.30 bits per heavy atom. The predicted octanol–water partition coefficient (Wildman–Crippen LogP) is 6.16. The van der Waals surface area contributed by atoms with Gasteiger partial charge in [-0.2, -0.15) is 0 Å². The summed E-state index contributed by atoms with van der Waals surface area (Å²) in [6.07, 6.45) is 23.2. The maximum absolute atomic E-state index is 5.16. The van der Waals surface area contributed by atoms with Crippen molar-refractivity contribution >= 4 is 9.47 Å². The molecule has 1 fully saturated rings. The molecule has 0 aliphatic heterocycles. The van der Waals surface area contributed by atoms with Crippen LogP contribution < -0.4 is 0 Å². The smallest absolute Gasteiger partial charge is 0.0798 e. The van der Waals surface area contributed by atoms with Gasteiger partial charge in [0, 0.05) is 15.9 Å². The van der Waals surface area contributed by atoms with Crippen molar-refractivity contribution in [1.82, 2.24) is 0 Å². The lowest BCUT2D eigenvalue weighted by atomic mass is 10.2. The molecule has 0 bridgehead atoms. The lowest BCUT2D eigenvalue weighted by Gasteiger charge is -2.04. The van der Waals surface area contributed by atoms with Gasteiger partial charge in [0.2, 0.25) is 0 Å². The zero-order valence-corrected chi connectivity index (χ0v) is 15.8. The fourth-order valence-electron chi connectivity index (χ4n) is 2.31. The molecule has 1 aliphatic carbocycles. The lowest BCUT2D eigenvalue weighted by Crippen LogP contribution is -1.99. The van der Waals surface area contributed by atoms with Crippen molar-refractivity contribution in [3.63, 3.8) is 0 Å². The van der Waals surface area contributed by atoms with Crippen LogP contribution in [0, 0.1) is 17.8 Å². The Kier molecular flexibility index (Phi) is 11.6. The molecule has 0 aromatic carbocycles. The number of unbranched alkanes of at least 4 members (excludes halogenated alkanes) is 1. The van der Waals surface area contributed by atoms with Crippen molar-refractivity contribution in [3.8, 4) is 11.8 Å². The molecule has 0 aromatic heterocycles. The van der Waals surface area contributed by atoms with Gasteiger partial charge in [-0.05, 0) is 43.8 Å². The summed E-state index contributed by atoms with van der Waals surface area (Å²) in [6.45, 7) is 4.35. The van der Waals surface area contributed by atoms with Crippen molar-refractivity contribution in [2.75, 3.05) is 0 Å². The zero-order valence-electron chi connectivity index (χ0n) is 14.6. The molecule has 0 saturated heterocycles. The second kappa shape index (κ2) is 13.4. The molecular formula is C21H31OP. The second-order valence-corrected chi connectivity index (χ2v) is 6.16. The third kappa shape index (κ3) is 10.3. The van der Waals surface area contributed by atoms with E-state index >= 15 is 0 Å². The molecule has 0 radical (unpaired) electrons. The molecule has 0 N–H and O–H groups in total. The van der Waals surface area contributed by atoms with Crippen LogP contribution in [-0.2, 0) is 4.52 Å². The van der Waals surface area contributed by atoms with E-state index in [1.165, 1.54) is 25.7 Å². The van der Waals surface area contributed by atoms with E-state index in [9.17, 15) is 0 Å². The third-order valence-electron chi connectivity index (χ3n) is 3.93. The zero-order chi connectivity index (χ0) is 16.8. The molecule has 3 unspecified atom stereocenters. The maximum atomic E-state index is 5.16. The Hall–Kier alpha value is -1.09. The van der Waals surface area contributed by atoms with Gasteiger partial charge in [-0.15, -0.1) is 0 Å². The fourth-order valence-corrected chi connectivity index (χ4v) is 2.59. The topological polar surface area (TPSA) is 9.23 Å². The Balaban J connectivity index is 2.09. The minimum atomic E-state index is 0.150. The van der Waals surface area contributed by atoms with E-state index < -0.39 is 0 Å². The third-order valence-corrected chi connectivity index (χ3v) is 4.28. The molecular weight excluding hydrogens is 299 g/mol. The highest BCUT2D eigenvalue weighted by Crippen LogP contribution is 2.41. The molecule has 2 heteroatoms. The summed E-state index contributed by atoms with van der Waals surface area (Å²) in [5, 5.41) is 0. The normalized spacial score (nSPS) is 20.5. The van der Waals surface area contributed by atoms with E-state index in [2.05, 4.69) is 65.5 Å². The summed E-state index contributed by atoms with van der Waals surface area (Å²) in [5.74, 6) is 7.04. The summed E-state index contributed by atoms with van der Waals surface area (Å²) < 4.78 is 5.16. The van der Waals surface area contributed by atoms with Crippen LogP contribution in [0.15, 0.2) is 48.1 Å². The quantitative estimate of drug-likeness (QED) is 0.265. The average Bonchev–Trinajstić information content (AvgIpc) is 3.32. The first-order chi connectivity index (χ1) is 11.3. The van der Waals surface area contributed by atoms with Crippen LogP contribution in [0.4, 0.5) is 0 Å². The average molecular weight is 330 g/mol. The van der Waals surface area contributed by atoms with E-state index in [0.717, 1.165) is 25.2 Å². The summed E-state index contributed by atoms with van der Waals surface area (Å²) in [5.41, 5.74) is 1.64. The van der Waals surface area contributed by atoms with Gasteiger partial charge in [-0.1, -0.05) is 74.5 Å². The first-order valence-corrected chi connectivity index (χ1v) is 9.30. The molecule has 1 aliphatic rings. The number of rotatable bonds is 10. The molecule has 23 heavy (non-hydrogen) atoms. The van der Waals surface area contributed by atoms with Crippen molar-refractivity contribution < 1.29 is 4.52 Å². The Morgan fingerprint density at radius 3 is 2.91 bits per heavy atom. The second-order valence-electron chi connectivity index (χ2n) is 5.89. The van der Waals surface area contributed by atoms with Gasteiger partial charge in [0.1, 0.15) is 0 Å². The fraction of sp³-hybridized carbons (Fsp3) is 0.524. The van der Waals surface area contributed by atoms with Gasteiger partial charge >= 0.3 is 0 Å². The summed E-state index contributed by atoms with van der Waals surface area (Å²) in [4.78, 5) is 0. The Bertz CT molecular complexity index is 484. The van der Waals surface area contributed by atoms with Crippen LogP contribution in [0.2, 0.25) is 0 Å². The minimum absolute atomic E-state index is 0.150. The van der Waals surface area contributed by atoms with E-state index in [0.29, 0.717) is 0 Å². The van der Waals surface area contributed by atoms with E-state index in [-0.39, 0.29) is 6.10 Å². The molecule has 3 atom stereocenters. The highest BCUT2D eigenvalue weighted by atomic mass is 31.0. The van der Waals surface area contributed by atoms with Crippen LogP contribution >= 0.6 is 9.47 Å². The summed E-state index contributed by atoms with van der Waals surface area (Å²) in [6, 6.07) is 0. The summed E-state index contributed by atoms with van der Waals surface area (Å²) >= 11 is 0. The van der Waals surface area contributed by atoms with Crippen LogP contribution in [0.3, 0.4) is 0 Å². The van der Waals surface area contributed by atoms with Crippen molar-refractivity contribution in [3.05, 3.63) is 48.1 Å². The van der Waals surface area contributed by atoms with Gasteiger partial charge < -0.3 is 4.52 Å². The number of hydrogen-bond acceptors (Lipinski definition) is 1. The maximum Gasteiger partial charge on any atom is 0.0798 e. The SMILES string of the molecule is CCCCC1C/C1=C\C=C\C/C=C\CC#C/C=C/C(CC)OP. The van der Waals surface area contributed by atoms with Gasteiger partial charge in [-0.3, -0.25) is 0 Å². The van der Waals surface area contributed by atoms with Crippen LogP contribution in [0.5, 0.6) is 0 Å². The Labute approximate surface area is 145 Å². The van der Waals surface area contributed by atoms with Crippen molar-refractivity contribution in [2.45, 2.75) is 64.9 Å². The molecule has 0 heterocycles. The van der Waals surface area contributed by atoms with Crippen LogP contribution in [0.25, 0.3) is 0 Å². The highest BCUT2D eigenvalue weighted by Gasteiger charge is 2.27. The summed E-state index contributed by atoms with van der Waals surface area (Å²) in [7, 11) is 2.30. The number of hydrogen-bond donors (Lipinski definition) is 0. The molecule has 0 aromatic rings. The standard InChI is InChI=1S/C21H31OP/c1-3-5-15-19-18-20(19)16-13-11-9-7-6-8-10-12-14-17-21(4-2)22-23/h6-7,11,13-14,16-17,19,21H,3-5,8-9,15,18,23H2,1-2H3/b7-6-,13-11+,17-14+,20-16+. The van der Waals surface area contributed by atoms with Gasteiger partial charge in [-0.25, -0.2) is 0 Å². The molecule has 1 nitrogen and oxygen atoms in total. The van der Waals surface area contributed by atoms with Crippen molar-refractivity contribution in [2.24, 2.45) is 5.92 Å². The van der Waals surface area contributed by atoms with Gasteiger partial charge in [0.15, 0.2) is 0 Å². The largest absolute Gasteiger partial charge is 0.358 e. The molecule has 1 rings (SSSR count). The first kappa shape index (κ1) is 20.0. The van der Waals surface area contributed by atoms with Crippen LogP contribution in [-0.4, -0.2) is 6.10 Å². The van der Waals surface area contributed by atoms with Crippen molar-refractivity contribution in [1.29, 1.82) is 0 Å². The molecule has 1 saturated carbocycles. The minimum Gasteiger partial charge on any atom is -0.358 e. The lowest BCUT2D eigenvalue weighted by molar-refractivity contribution is 0.289. The van der Waals surface area contributed by atoms with Gasteiger partial charge in [0.25, 0.3) is 0 Å². The monoisotopic (exact) mass is 330 g/mol. The van der Waals surface area contributed by atoms with E-state index in [4.69, 9.17) is 4.52 Å². The molecule has 0 amide bonds. The van der Waals surface area contributed by atoms with Crippen LogP contribution in [0.1, 0.15) is 58.8 Å². The first-order valence-electron chi connectivity index (χ1n) is 8.82. The van der Waals surface area contributed by atoms with E-state index in [1.54, 1.807) is 5.57 Å². The highest BCUT2D eigenvalue weighted by molar-refractivity contribution is 7.09. The van der Waals surface area contributed by atoms with E-state index in [1.807, 2.05) is 12.2 Å². The van der Waals surface area contributed by atoms with Gasteiger partial charge in [0.05, 0.1) is 6.10 Å². The molecule has 0 spiro atoms. The molecule has 126 valence electrons. The Morgan fingerprint density at radius 2 is 2.17 bits per heavy atom.